The van der Waals surface area contributed by atoms with E-state index in [0.29, 0.717) is 11.4 Å². The first kappa shape index (κ1) is 26.9. The van der Waals surface area contributed by atoms with Crippen molar-refractivity contribution in [3.05, 3.63) is 91.0 Å². The predicted octanol–water partition coefficient (Wildman–Crippen LogP) is 3.58. The van der Waals surface area contributed by atoms with Crippen LogP contribution in [0.5, 0.6) is 5.75 Å². The summed E-state index contributed by atoms with van der Waals surface area (Å²) < 4.78 is 59.5. The molecule has 0 aliphatic carbocycles. The van der Waals surface area contributed by atoms with Gasteiger partial charge in [0.1, 0.15) is 5.75 Å². The van der Waals surface area contributed by atoms with E-state index in [1.807, 2.05) is 0 Å². The van der Waals surface area contributed by atoms with Crippen LogP contribution in [0.4, 0.5) is 11.4 Å². The van der Waals surface area contributed by atoms with Gasteiger partial charge in [-0.15, -0.1) is 6.58 Å². The Morgan fingerprint density at radius 1 is 0.917 bits per heavy atom. The van der Waals surface area contributed by atoms with Crippen LogP contribution in [-0.4, -0.2) is 54.8 Å². The van der Waals surface area contributed by atoms with Gasteiger partial charge in [0.15, 0.2) is 0 Å². The number of amides is 1. The summed E-state index contributed by atoms with van der Waals surface area (Å²) in [5.41, 5.74) is 0.655. The van der Waals surface area contributed by atoms with Crippen LogP contribution in [-0.2, 0) is 20.0 Å². The van der Waals surface area contributed by atoms with E-state index < -0.39 is 26.0 Å². The van der Waals surface area contributed by atoms with Crippen molar-refractivity contribution in [2.75, 3.05) is 37.4 Å². The van der Waals surface area contributed by atoms with Crippen molar-refractivity contribution in [3.63, 3.8) is 0 Å². The van der Waals surface area contributed by atoms with Crippen LogP contribution in [0, 0.1) is 0 Å². The summed E-state index contributed by atoms with van der Waals surface area (Å²) in [4.78, 5) is 12.8. The number of para-hydroxylation sites is 2. The van der Waals surface area contributed by atoms with Crippen LogP contribution in [0.1, 0.15) is 10.4 Å². The van der Waals surface area contributed by atoms with E-state index in [1.165, 1.54) is 69.7 Å². The molecule has 0 fully saturated rings. The molecule has 9 nitrogen and oxygen atoms in total. The highest BCUT2D eigenvalue weighted by molar-refractivity contribution is 7.92. The number of carbonyl (C=O) groups excluding carboxylic acids is 1. The summed E-state index contributed by atoms with van der Waals surface area (Å²) in [5, 5.41) is 2.63. The Balaban J connectivity index is 1.94. The van der Waals surface area contributed by atoms with Crippen molar-refractivity contribution in [1.29, 1.82) is 0 Å². The van der Waals surface area contributed by atoms with E-state index in [1.54, 1.807) is 30.3 Å². The van der Waals surface area contributed by atoms with Gasteiger partial charge in [0, 0.05) is 25.3 Å². The number of anilines is 2. The number of methoxy groups -OCH3 is 1. The lowest BCUT2D eigenvalue weighted by atomic mass is 10.2. The summed E-state index contributed by atoms with van der Waals surface area (Å²) in [5.74, 6) is -0.233. The molecular weight excluding hydrogens is 502 g/mol. The summed E-state index contributed by atoms with van der Waals surface area (Å²) in [6.07, 6.45) is 1.45. The van der Waals surface area contributed by atoms with Gasteiger partial charge in [-0.3, -0.25) is 9.10 Å². The molecule has 36 heavy (non-hydrogen) atoms. The average Bonchev–Trinajstić information content (AvgIpc) is 2.87. The number of ether oxygens (including phenoxy) is 1. The summed E-state index contributed by atoms with van der Waals surface area (Å²) >= 11 is 0. The monoisotopic (exact) mass is 529 g/mol. The van der Waals surface area contributed by atoms with Crippen molar-refractivity contribution < 1.29 is 26.4 Å². The van der Waals surface area contributed by atoms with Crippen molar-refractivity contribution >= 4 is 37.3 Å². The molecule has 0 heterocycles. The van der Waals surface area contributed by atoms with Crippen LogP contribution in [0.25, 0.3) is 0 Å². The Morgan fingerprint density at radius 3 is 2.19 bits per heavy atom. The van der Waals surface area contributed by atoms with Crippen LogP contribution in [0.3, 0.4) is 0 Å². The highest BCUT2D eigenvalue weighted by atomic mass is 32.2. The summed E-state index contributed by atoms with van der Waals surface area (Å²) in [6.45, 7) is 3.64. The van der Waals surface area contributed by atoms with E-state index in [0.717, 1.165) is 8.61 Å². The van der Waals surface area contributed by atoms with Gasteiger partial charge in [-0.25, -0.2) is 21.1 Å². The molecule has 0 radical (unpaired) electrons. The van der Waals surface area contributed by atoms with Gasteiger partial charge < -0.3 is 10.1 Å². The van der Waals surface area contributed by atoms with Crippen LogP contribution < -0.4 is 14.4 Å². The first-order valence-electron chi connectivity index (χ1n) is 10.7. The van der Waals surface area contributed by atoms with Crippen LogP contribution in [0.15, 0.2) is 95.2 Å². The summed E-state index contributed by atoms with van der Waals surface area (Å²) in [6, 6.07) is 18.1. The third-order valence-electron chi connectivity index (χ3n) is 5.20. The van der Waals surface area contributed by atoms with Gasteiger partial charge in [-0.2, -0.15) is 0 Å². The van der Waals surface area contributed by atoms with Gasteiger partial charge in [-0.1, -0.05) is 30.3 Å². The van der Waals surface area contributed by atoms with E-state index in [-0.39, 0.29) is 27.6 Å². The maximum absolute atomic E-state index is 13.6. The summed E-state index contributed by atoms with van der Waals surface area (Å²) in [7, 11) is -3.52. The Kier molecular flexibility index (Phi) is 8.18. The molecule has 3 rings (SSSR count). The number of nitrogens with zero attached hydrogens (tertiary/aromatic N) is 2. The lowest BCUT2D eigenvalue weighted by Gasteiger charge is -2.25. The second kappa shape index (κ2) is 10.9. The smallest absolute Gasteiger partial charge is 0.264 e. The maximum Gasteiger partial charge on any atom is 0.264 e. The van der Waals surface area contributed by atoms with Crippen molar-refractivity contribution in [2.45, 2.75) is 9.79 Å². The number of benzene rings is 3. The normalized spacial score (nSPS) is 11.7. The molecule has 0 aromatic heterocycles. The minimum Gasteiger partial charge on any atom is -0.495 e. The van der Waals surface area contributed by atoms with Gasteiger partial charge in [0.05, 0.1) is 29.1 Å². The van der Waals surface area contributed by atoms with Crippen LogP contribution in [0.2, 0.25) is 0 Å². The molecular formula is C25H27N3O6S2. The third kappa shape index (κ3) is 5.59. The van der Waals surface area contributed by atoms with E-state index in [2.05, 4.69) is 11.9 Å². The average molecular weight is 530 g/mol. The zero-order valence-corrected chi connectivity index (χ0v) is 21.7. The molecule has 0 unspecified atom stereocenters. The minimum absolute atomic E-state index is 0.0125. The van der Waals surface area contributed by atoms with Crippen molar-refractivity contribution in [3.8, 4) is 5.75 Å². The Hall–Kier alpha value is -3.67. The molecule has 0 aliphatic rings. The number of sulfonamides is 2. The maximum atomic E-state index is 13.6. The molecule has 1 N–H and O–H groups in total. The van der Waals surface area contributed by atoms with Gasteiger partial charge in [-0.05, 0) is 48.5 Å². The fourth-order valence-electron chi connectivity index (χ4n) is 3.35. The van der Waals surface area contributed by atoms with Crippen molar-refractivity contribution in [2.24, 2.45) is 0 Å². The molecule has 0 saturated carbocycles. The molecule has 11 heteroatoms. The van der Waals surface area contributed by atoms with Gasteiger partial charge in [0.25, 0.3) is 15.9 Å². The van der Waals surface area contributed by atoms with E-state index in [4.69, 9.17) is 4.74 Å². The molecule has 0 aliphatic heterocycles. The van der Waals surface area contributed by atoms with E-state index >= 15 is 0 Å². The highest BCUT2D eigenvalue weighted by Crippen LogP contribution is 2.32. The lowest BCUT2D eigenvalue weighted by Crippen LogP contribution is -2.31. The Labute approximate surface area is 211 Å². The number of hydrogen-bond donors (Lipinski definition) is 1. The fraction of sp³-hybridized carbons (Fsp3) is 0.160. The van der Waals surface area contributed by atoms with Crippen LogP contribution >= 0.6 is 0 Å². The molecule has 0 saturated heterocycles. The van der Waals surface area contributed by atoms with Gasteiger partial charge in [0.2, 0.25) is 10.0 Å². The number of carbonyl (C=O) groups is 1. The second-order valence-corrected chi connectivity index (χ2v) is 11.8. The van der Waals surface area contributed by atoms with E-state index in [9.17, 15) is 21.6 Å². The Bertz CT molecular complexity index is 1480. The molecule has 1 amide bonds. The first-order chi connectivity index (χ1) is 17.0. The topological polar surface area (TPSA) is 113 Å². The molecule has 0 spiro atoms. The van der Waals surface area contributed by atoms with Crippen molar-refractivity contribution in [1.82, 2.24) is 4.31 Å². The number of rotatable bonds is 10. The molecule has 3 aromatic rings. The number of nitrogens with one attached hydrogen (secondary N) is 1. The Morgan fingerprint density at radius 2 is 1.56 bits per heavy atom. The number of hydrogen-bond acceptors (Lipinski definition) is 6. The zero-order chi connectivity index (χ0) is 26.5. The predicted molar refractivity (Wildman–Crippen MR) is 139 cm³/mol. The first-order valence-corrected chi connectivity index (χ1v) is 13.6. The fourth-order valence-corrected chi connectivity index (χ4v) is 5.79. The largest absolute Gasteiger partial charge is 0.495 e. The standard InChI is InChI=1S/C25H27N3O6S2/c1-5-16-28(23-14-6-7-15-24(23)34-4)36(32,33)21-12-8-10-19(17-21)25(29)26-20-11-9-13-22(18-20)35(30,31)27(2)3/h5-15,17-18H,1,16H2,2-4H3,(H,26,29). The van der Waals surface area contributed by atoms with Gasteiger partial charge >= 0.3 is 0 Å². The highest BCUT2D eigenvalue weighted by Gasteiger charge is 2.27. The molecule has 190 valence electrons. The zero-order valence-electron chi connectivity index (χ0n) is 20.1. The second-order valence-electron chi connectivity index (χ2n) is 7.79. The lowest BCUT2D eigenvalue weighted by molar-refractivity contribution is 0.102. The molecule has 3 aromatic carbocycles. The minimum atomic E-state index is -4.10. The quantitative estimate of drug-likeness (QED) is 0.402. The SMILES string of the molecule is C=CCN(c1ccccc1OC)S(=O)(=O)c1cccc(C(=O)Nc2cccc(S(=O)(=O)N(C)C)c2)c1. The molecule has 0 atom stereocenters. The third-order valence-corrected chi connectivity index (χ3v) is 8.79. The molecule has 0 bridgehead atoms.